The first-order valence-electron chi connectivity index (χ1n) is 7.42. The molecule has 2 atom stereocenters. The van der Waals surface area contributed by atoms with Crippen LogP contribution in [0.5, 0.6) is 5.75 Å². The Kier molecular flexibility index (Phi) is 3.27. The summed E-state index contributed by atoms with van der Waals surface area (Å²) in [5.41, 5.74) is 4.87. The number of halogens is 1. The van der Waals surface area contributed by atoms with Crippen LogP contribution < -0.4 is 4.74 Å². The average Bonchev–Trinajstić information content (AvgIpc) is 3.05. The normalized spacial score (nSPS) is 22.8. The number of aliphatic hydroxyl groups excluding tert-OH is 1. The van der Waals surface area contributed by atoms with Crippen molar-refractivity contribution in [3.63, 3.8) is 0 Å². The summed E-state index contributed by atoms with van der Waals surface area (Å²) in [5.74, 6) is 1.28. The van der Waals surface area contributed by atoms with Crippen molar-refractivity contribution in [2.45, 2.75) is 25.4 Å². The molecule has 1 aliphatic heterocycles. The number of ether oxygens (including phenoxy) is 1. The Bertz CT molecular complexity index is 696. The first kappa shape index (κ1) is 13.4. The fourth-order valence-electron chi connectivity index (χ4n) is 3.62. The Labute approximate surface area is 132 Å². The van der Waals surface area contributed by atoms with Gasteiger partial charge in [0, 0.05) is 10.9 Å². The minimum atomic E-state index is -0.364. The van der Waals surface area contributed by atoms with Gasteiger partial charge in [-0.15, -0.1) is 0 Å². The maximum atomic E-state index is 10.6. The first-order valence-corrected chi connectivity index (χ1v) is 8.21. The van der Waals surface area contributed by atoms with Crippen molar-refractivity contribution in [1.82, 2.24) is 0 Å². The van der Waals surface area contributed by atoms with E-state index in [1.54, 1.807) is 0 Å². The minimum Gasteiger partial charge on any atom is -0.493 e. The quantitative estimate of drug-likeness (QED) is 0.896. The lowest BCUT2D eigenvalue weighted by molar-refractivity contribution is 0.123. The van der Waals surface area contributed by atoms with Gasteiger partial charge in [0.2, 0.25) is 0 Å². The molecule has 108 valence electrons. The topological polar surface area (TPSA) is 29.5 Å². The summed E-state index contributed by atoms with van der Waals surface area (Å²) in [7, 11) is 0. The highest BCUT2D eigenvalue weighted by Crippen LogP contribution is 2.41. The van der Waals surface area contributed by atoms with Gasteiger partial charge >= 0.3 is 0 Å². The van der Waals surface area contributed by atoms with Gasteiger partial charge in [-0.25, -0.2) is 0 Å². The van der Waals surface area contributed by atoms with Crippen LogP contribution in [0.4, 0.5) is 0 Å². The van der Waals surface area contributed by atoms with E-state index in [4.69, 9.17) is 4.74 Å². The van der Waals surface area contributed by atoms with E-state index >= 15 is 0 Å². The van der Waals surface area contributed by atoms with Crippen molar-refractivity contribution in [2.24, 2.45) is 5.92 Å². The summed E-state index contributed by atoms with van der Waals surface area (Å²) in [6.07, 6.45) is 2.42. The van der Waals surface area contributed by atoms with Crippen LogP contribution in [0.2, 0.25) is 0 Å². The predicted molar refractivity (Wildman–Crippen MR) is 85.6 cm³/mol. The number of hydrogen-bond acceptors (Lipinski definition) is 2. The summed E-state index contributed by atoms with van der Waals surface area (Å²) in [4.78, 5) is 0. The standard InChI is InChI=1S/C18H17BrO2/c19-15-9-12-5-6-21-18(12)14(10-15)8-13-7-11-3-1-2-4-16(11)17(13)20/h1-4,9-10,13,17,20H,5-8H2. The lowest BCUT2D eigenvalue weighted by atomic mass is 9.93. The second-order valence-corrected chi connectivity index (χ2v) is 6.88. The Hall–Kier alpha value is -1.32. The van der Waals surface area contributed by atoms with E-state index in [0.29, 0.717) is 0 Å². The van der Waals surface area contributed by atoms with E-state index < -0.39 is 0 Å². The second kappa shape index (κ2) is 5.15. The number of benzene rings is 2. The molecule has 1 aliphatic carbocycles. The Morgan fingerprint density at radius 3 is 2.90 bits per heavy atom. The Morgan fingerprint density at radius 2 is 2.05 bits per heavy atom. The number of hydrogen-bond donors (Lipinski definition) is 1. The van der Waals surface area contributed by atoms with Gasteiger partial charge in [0.05, 0.1) is 12.7 Å². The fourth-order valence-corrected chi connectivity index (χ4v) is 4.17. The van der Waals surface area contributed by atoms with Crippen LogP contribution in [0, 0.1) is 5.92 Å². The van der Waals surface area contributed by atoms with Crippen molar-refractivity contribution in [3.05, 3.63) is 63.1 Å². The molecule has 0 radical (unpaired) electrons. The van der Waals surface area contributed by atoms with Crippen LogP contribution in [-0.4, -0.2) is 11.7 Å². The largest absolute Gasteiger partial charge is 0.493 e. The summed E-state index contributed by atoms with van der Waals surface area (Å²) in [6.45, 7) is 0.770. The zero-order chi connectivity index (χ0) is 14.4. The molecule has 0 bridgehead atoms. The summed E-state index contributed by atoms with van der Waals surface area (Å²) in [5, 5.41) is 10.6. The molecule has 0 aromatic heterocycles. The molecule has 2 unspecified atom stereocenters. The third-order valence-corrected chi connectivity index (χ3v) is 5.07. The molecule has 1 N–H and O–H groups in total. The molecule has 0 saturated heterocycles. The molecule has 2 nitrogen and oxygen atoms in total. The van der Waals surface area contributed by atoms with Crippen molar-refractivity contribution in [1.29, 1.82) is 0 Å². The summed E-state index contributed by atoms with van der Waals surface area (Å²) in [6, 6.07) is 12.5. The monoisotopic (exact) mass is 344 g/mol. The van der Waals surface area contributed by atoms with Gasteiger partial charge in [-0.2, -0.15) is 0 Å². The number of fused-ring (bicyclic) bond motifs is 2. The van der Waals surface area contributed by atoms with Crippen LogP contribution in [-0.2, 0) is 19.3 Å². The minimum absolute atomic E-state index is 0.241. The molecular weight excluding hydrogens is 328 g/mol. The first-order chi connectivity index (χ1) is 10.2. The molecule has 0 amide bonds. The highest BCUT2D eigenvalue weighted by Gasteiger charge is 2.32. The lowest BCUT2D eigenvalue weighted by Crippen LogP contribution is -2.11. The highest BCUT2D eigenvalue weighted by atomic mass is 79.9. The smallest absolute Gasteiger partial charge is 0.125 e. The van der Waals surface area contributed by atoms with E-state index in [-0.39, 0.29) is 12.0 Å². The third kappa shape index (κ3) is 2.29. The zero-order valence-electron chi connectivity index (χ0n) is 11.7. The Morgan fingerprint density at radius 1 is 1.19 bits per heavy atom. The number of aliphatic hydroxyl groups is 1. The molecule has 4 rings (SSSR count). The molecule has 21 heavy (non-hydrogen) atoms. The summed E-state index contributed by atoms with van der Waals surface area (Å²) >= 11 is 3.59. The van der Waals surface area contributed by atoms with E-state index in [9.17, 15) is 5.11 Å². The molecule has 0 fully saturated rings. The SMILES string of the molecule is OC1c2ccccc2CC1Cc1cc(Br)cc2c1OCC2. The van der Waals surface area contributed by atoms with Gasteiger partial charge in [-0.1, -0.05) is 40.2 Å². The van der Waals surface area contributed by atoms with Gasteiger partial charge < -0.3 is 9.84 Å². The average molecular weight is 345 g/mol. The van der Waals surface area contributed by atoms with E-state index in [1.807, 2.05) is 18.2 Å². The molecule has 2 aromatic rings. The van der Waals surface area contributed by atoms with E-state index in [1.165, 1.54) is 16.7 Å². The van der Waals surface area contributed by atoms with Crippen molar-refractivity contribution in [3.8, 4) is 5.75 Å². The van der Waals surface area contributed by atoms with Gasteiger partial charge in [0.25, 0.3) is 0 Å². The predicted octanol–water partition coefficient (Wildman–Crippen LogP) is 3.83. The van der Waals surface area contributed by atoms with E-state index in [0.717, 1.165) is 41.7 Å². The molecular formula is C18H17BrO2. The number of rotatable bonds is 2. The molecule has 2 aliphatic rings. The molecule has 2 aromatic carbocycles. The van der Waals surface area contributed by atoms with Crippen molar-refractivity contribution >= 4 is 15.9 Å². The molecule has 0 saturated carbocycles. The van der Waals surface area contributed by atoms with Crippen LogP contribution in [0.25, 0.3) is 0 Å². The van der Waals surface area contributed by atoms with Crippen LogP contribution in [0.3, 0.4) is 0 Å². The zero-order valence-corrected chi connectivity index (χ0v) is 13.3. The van der Waals surface area contributed by atoms with E-state index in [2.05, 4.69) is 34.1 Å². The van der Waals surface area contributed by atoms with Gasteiger partial charge in [-0.05, 0) is 53.1 Å². The maximum absolute atomic E-state index is 10.6. The second-order valence-electron chi connectivity index (χ2n) is 5.96. The third-order valence-electron chi connectivity index (χ3n) is 4.61. The van der Waals surface area contributed by atoms with Gasteiger partial charge in [0.1, 0.15) is 5.75 Å². The lowest BCUT2D eigenvalue weighted by Gasteiger charge is -2.17. The highest BCUT2D eigenvalue weighted by molar-refractivity contribution is 9.10. The van der Waals surface area contributed by atoms with Crippen LogP contribution in [0.1, 0.15) is 28.4 Å². The van der Waals surface area contributed by atoms with Crippen LogP contribution >= 0.6 is 15.9 Å². The summed E-state index contributed by atoms with van der Waals surface area (Å²) < 4.78 is 6.91. The van der Waals surface area contributed by atoms with Crippen LogP contribution in [0.15, 0.2) is 40.9 Å². The molecule has 0 spiro atoms. The van der Waals surface area contributed by atoms with Crippen molar-refractivity contribution < 1.29 is 9.84 Å². The molecule has 3 heteroatoms. The molecule has 1 heterocycles. The van der Waals surface area contributed by atoms with Gasteiger partial charge in [0.15, 0.2) is 0 Å². The Balaban J connectivity index is 1.64. The maximum Gasteiger partial charge on any atom is 0.125 e. The van der Waals surface area contributed by atoms with Crippen molar-refractivity contribution in [2.75, 3.05) is 6.61 Å². The fraction of sp³-hybridized carbons (Fsp3) is 0.333. The van der Waals surface area contributed by atoms with Gasteiger partial charge in [-0.3, -0.25) is 0 Å².